The fraction of sp³-hybridized carbons (Fsp3) is 0.125. The fourth-order valence-corrected chi connectivity index (χ4v) is 3.36. The SMILES string of the molecule is Cc1ccc2nc(COc3cccc(NC(=O)Nc4cccc(Cl)c4C)c3)cc(=O)n2c1. The smallest absolute Gasteiger partial charge is 0.323 e. The Labute approximate surface area is 189 Å². The molecule has 4 rings (SSSR count). The number of carbonyl (C=O) groups is 1. The lowest BCUT2D eigenvalue weighted by atomic mass is 10.2. The lowest BCUT2D eigenvalue weighted by molar-refractivity contribution is 0.262. The molecule has 2 amide bonds. The monoisotopic (exact) mass is 448 g/mol. The van der Waals surface area contributed by atoms with E-state index in [-0.39, 0.29) is 12.2 Å². The first-order chi connectivity index (χ1) is 15.4. The Morgan fingerprint density at radius 3 is 2.72 bits per heavy atom. The molecule has 2 aromatic heterocycles. The molecule has 2 aromatic carbocycles. The number of aromatic nitrogens is 2. The number of rotatable bonds is 5. The van der Waals surface area contributed by atoms with E-state index in [1.165, 1.54) is 10.5 Å². The predicted molar refractivity (Wildman–Crippen MR) is 126 cm³/mol. The molecule has 0 saturated heterocycles. The number of urea groups is 1. The maximum absolute atomic E-state index is 12.4. The number of nitrogens with one attached hydrogen (secondary N) is 2. The van der Waals surface area contributed by atoms with Gasteiger partial charge in [-0.2, -0.15) is 0 Å². The quantitative estimate of drug-likeness (QED) is 0.440. The zero-order chi connectivity index (χ0) is 22.7. The Hall–Kier alpha value is -3.84. The molecule has 0 saturated carbocycles. The van der Waals surface area contributed by atoms with Crippen LogP contribution >= 0.6 is 11.6 Å². The highest BCUT2D eigenvalue weighted by atomic mass is 35.5. The van der Waals surface area contributed by atoms with Crippen LogP contribution < -0.4 is 20.9 Å². The van der Waals surface area contributed by atoms with Crippen molar-refractivity contribution in [2.24, 2.45) is 0 Å². The number of fused-ring (bicyclic) bond motifs is 1. The molecule has 0 bridgehead atoms. The largest absolute Gasteiger partial charge is 0.487 e. The van der Waals surface area contributed by atoms with E-state index in [1.807, 2.05) is 19.9 Å². The van der Waals surface area contributed by atoms with Crippen LogP contribution in [0, 0.1) is 13.8 Å². The van der Waals surface area contributed by atoms with Crippen LogP contribution in [-0.4, -0.2) is 15.4 Å². The first kappa shape index (κ1) is 21.4. The van der Waals surface area contributed by atoms with E-state index in [2.05, 4.69) is 15.6 Å². The molecule has 0 aliphatic heterocycles. The Morgan fingerprint density at radius 2 is 1.88 bits per heavy atom. The number of carbonyl (C=O) groups excluding carboxylic acids is 1. The summed E-state index contributed by atoms with van der Waals surface area (Å²) in [6.07, 6.45) is 1.75. The van der Waals surface area contributed by atoms with Crippen molar-refractivity contribution >= 4 is 34.7 Å². The number of hydrogen-bond acceptors (Lipinski definition) is 4. The van der Waals surface area contributed by atoms with Gasteiger partial charge in [-0.1, -0.05) is 29.8 Å². The van der Waals surface area contributed by atoms with Crippen LogP contribution in [0.1, 0.15) is 16.8 Å². The summed E-state index contributed by atoms with van der Waals surface area (Å²) in [7, 11) is 0. The van der Waals surface area contributed by atoms with Crippen molar-refractivity contribution in [3.63, 3.8) is 0 Å². The molecule has 162 valence electrons. The van der Waals surface area contributed by atoms with Gasteiger partial charge in [0.05, 0.1) is 5.69 Å². The topological polar surface area (TPSA) is 84.7 Å². The highest BCUT2D eigenvalue weighted by Gasteiger charge is 2.08. The van der Waals surface area contributed by atoms with E-state index in [9.17, 15) is 9.59 Å². The first-order valence-corrected chi connectivity index (χ1v) is 10.3. The summed E-state index contributed by atoms with van der Waals surface area (Å²) in [6.45, 7) is 3.87. The van der Waals surface area contributed by atoms with Crippen LogP contribution in [0.4, 0.5) is 16.2 Å². The summed E-state index contributed by atoms with van der Waals surface area (Å²) in [4.78, 5) is 29.2. The Balaban J connectivity index is 1.42. The molecular weight excluding hydrogens is 428 g/mol. The Bertz CT molecular complexity index is 1370. The van der Waals surface area contributed by atoms with Crippen LogP contribution in [0.15, 0.2) is 71.7 Å². The molecule has 0 aliphatic rings. The zero-order valence-electron chi connectivity index (χ0n) is 17.6. The van der Waals surface area contributed by atoms with Crippen molar-refractivity contribution in [2.45, 2.75) is 20.5 Å². The second-order valence-corrected chi connectivity index (χ2v) is 7.74. The molecule has 0 unspecified atom stereocenters. The number of halogens is 1. The Kier molecular flexibility index (Phi) is 6.09. The standard InChI is InChI=1S/C24H21ClN4O3/c1-15-9-10-22-26-18(12-23(30)29(22)13-15)14-32-19-6-3-5-17(11-19)27-24(31)28-21-8-4-7-20(25)16(21)2/h3-13H,14H2,1-2H3,(H2,27,28,31). The normalized spacial score (nSPS) is 10.7. The van der Waals surface area contributed by atoms with Gasteiger partial charge < -0.3 is 15.4 Å². The summed E-state index contributed by atoms with van der Waals surface area (Å²) in [6, 6.07) is 17.0. The van der Waals surface area contributed by atoms with Gasteiger partial charge in [0.25, 0.3) is 5.56 Å². The highest BCUT2D eigenvalue weighted by molar-refractivity contribution is 6.31. The number of amides is 2. The van der Waals surface area contributed by atoms with E-state index in [0.29, 0.717) is 33.5 Å². The van der Waals surface area contributed by atoms with Gasteiger partial charge in [0.2, 0.25) is 0 Å². The molecule has 0 spiro atoms. The maximum Gasteiger partial charge on any atom is 0.323 e. The second-order valence-electron chi connectivity index (χ2n) is 7.33. The van der Waals surface area contributed by atoms with Crippen molar-refractivity contribution in [3.8, 4) is 5.75 Å². The van der Waals surface area contributed by atoms with Gasteiger partial charge in [-0.05, 0) is 55.3 Å². The van der Waals surface area contributed by atoms with Gasteiger partial charge >= 0.3 is 6.03 Å². The number of anilines is 2. The lowest BCUT2D eigenvalue weighted by Crippen LogP contribution is -2.20. The first-order valence-electron chi connectivity index (χ1n) is 9.94. The molecule has 0 radical (unpaired) electrons. The van der Waals surface area contributed by atoms with E-state index in [1.54, 1.807) is 54.7 Å². The maximum atomic E-state index is 12.4. The molecule has 0 aliphatic carbocycles. The molecule has 32 heavy (non-hydrogen) atoms. The minimum Gasteiger partial charge on any atom is -0.487 e. The number of aryl methyl sites for hydroxylation is 1. The lowest BCUT2D eigenvalue weighted by Gasteiger charge is -2.12. The van der Waals surface area contributed by atoms with Gasteiger partial charge in [0.15, 0.2) is 0 Å². The minimum atomic E-state index is -0.396. The summed E-state index contributed by atoms with van der Waals surface area (Å²) in [5.41, 5.74) is 3.87. The predicted octanol–water partition coefficient (Wildman–Crippen LogP) is 5.19. The van der Waals surface area contributed by atoms with E-state index >= 15 is 0 Å². The number of hydrogen-bond donors (Lipinski definition) is 2. The van der Waals surface area contributed by atoms with Crippen LogP contribution in [0.3, 0.4) is 0 Å². The van der Waals surface area contributed by atoms with Gasteiger partial charge in [-0.15, -0.1) is 0 Å². The highest BCUT2D eigenvalue weighted by Crippen LogP contribution is 2.23. The molecule has 0 fully saturated rings. The number of ether oxygens (including phenoxy) is 1. The number of benzene rings is 2. The molecule has 4 aromatic rings. The molecule has 0 atom stereocenters. The van der Waals surface area contributed by atoms with Gasteiger partial charge in [0, 0.05) is 34.7 Å². The second kappa shape index (κ2) is 9.11. The van der Waals surface area contributed by atoms with Gasteiger partial charge in [-0.3, -0.25) is 9.20 Å². The van der Waals surface area contributed by atoms with Crippen molar-refractivity contribution in [1.82, 2.24) is 9.38 Å². The summed E-state index contributed by atoms with van der Waals surface area (Å²) >= 11 is 6.10. The number of nitrogens with zero attached hydrogens (tertiary/aromatic N) is 2. The Morgan fingerprint density at radius 1 is 1.06 bits per heavy atom. The summed E-state index contributed by atoms with van der Waals surface area (Å²) < 4.78 is 7.30. The van der Waals surface area contributed by atoms with Crippen LogP contribution in [0.25, 0.3) is 5.65 Å². The van der Waals surface area contributed by atoms with E-state index < -0.39 is 6.03 Å². The third kappa shape index (κ3) is 4.90. The average molecular weight is 449 g/mol. The third-order valence-corrected chi connectivity index (χ3v) is 5.26. The van der Waals surface area contributed by atoms with Crippen LogP contribution in [0.5, 0.6) is 5.75 Å². The van der Waals surface area contributed by atoms with E-state index in [4.69, 9.17) is 16.3 Å². The van der Waals surface area contributed by atoms with E-state index in [0.717, 1.165) is 11.1 Å². The fourth-order valence-electron chi connectivity index (χ4n) is 3.18. The minimum absolute atomic E-state index is 0.122. The number of pyridine rings is 1. The van der Waals surface area contributed by atoms with Crippen molar-refractivity contribution in [3.05, 3.63) is 99.1 Å². The van der Waals surface area contributed by atoms with Crippen molar-refractivity contribution < 1.29 is 9.53 Å². The van der Waals surface area contributed by atoms with Crippen molar-refractivity contribution in [1.29, 1.82) is 0 Å². The summed E-state index contributed by atoms with van der Waals surface area (Å²) in [5.74, 6) is 0.535. The molecule has 7 nitrogen and oxygen atoms in total. The molecule has 2 heterocycles. The molecule has 2 N–H and O–H groups in total. The van der Waals surface area contributed by atoms with Crippen LogP contribution in [-0.2, 0) is 6.61 Å². The molecule has 8 heteroatoms. The zero-order valence-corrected chi connectivity index (χ0v) is 18.3. The van der Waals surface area contributed by atoms with Gasteiger partial charge in [0.1, 0.15) is 18.0 Å². The van der Waals surface area contributed by atoms with Gasteiger partial charge in [-0.25, -0.2) is 9.78 Å². The molecular formula is C24H21ClN4O3. The average Bonchev–Trinajstić information content (AvgIpc) is 2.76. The van der Waals surface area contributed by atoms with Crippen molar-refractivity contribution in [2.75, 3.05) is 10.6 Å². The van der Waals surface area contributed by atoms with Crippen LogP contribution in [0.2, 0.25) is 5.02 Å². The summed E-state index contributed by atoms with van der Waals surface area (Å²) in [5, 5.41) is 6.13. The third-order valence-electron chi connectivity index (χ3n) is 4.86.